The Morgan fingerprint density at radius 2 is 1.70 bits per heavy atom. The minimum atomic E-state index is -0.330. The number of nitrogens with one attached hydrogen (secondary N) is 2. The Morgan fingerprint density at radius 1 is 1.00 bits per heavy atom. The third-order valence-corrected chi connectivity index (χ3v) is 3.61. The highest BCUT2D eigenvalue weighted by Gasteiger charge is 2.09. The van der Waals surface area contributed by atoms with E-state index >= 15 is 0 Å². The maximum atomic E-state index is 12.1. The predicted octanol–water partition coefficient (Wildman–Crippen LogP) is 4.89. The van der Waals surface area contributed by atoms with Crippen LogP contribution < -0.4 is 20.1 Å². The highest BCUT2D eigenvalue weighted by Crippen LogP contribution is 2.30. The van der Waals surface area contributed by atoms with Gasteiger partial charge in [-0.05, 0) is 54.0 Å². The van der Waals surface area contributed by atoms with Crippen LogP contribution in [0.25, 0.3) is 0 Å². The van der Waals surface area contributed by atoms with Gasteiger partial charge in [-0.2, -0.15) is 0 Å². The number of benzene rings is 2. The smallest absolute Gasteiger partial charge is 0.323 e. The fourth-order valence-corrected chi connectivity index (χ4v) is 2.36. The summed E-state index contributed by atoms with van der Waals surface area (Å²) in [6.45, 7) is 4.88. The van der Waals surface area contributed by atoms with Gasteiger partial charge in [0, 0.05) is 16.2 Å². The summed E-state index contributed by atoms with van der Waals surface area (Å²) in [7, 11) is 0. The number of para-hydroxylation sites is 1. The summed E-state index contributed by atoms with van der Waals surface area (Å²) in [5.41, 5.74) is 1.32. The van der Waals surface area contributed by atoms with Gasteiger partial charge in [-0.25, -0.2) is 4.79 Å². The molecule has 0 bridgehead atoms. The SMILES string of the molecule is CCOc1ccc(NC(=O)Nc2ccccc2Br)cc1OCC. The molecule has 0 aliphatic heterocycles. The molecule has 0 atom stereocenters. The molecule has 0 spiro atoms. The average Bonchev–Trinajstić information content (AvgIpc) is 2.52. The highest BCUT2D eigenvalue weighted by molar-refractivity contribution is 9.10. The number of hydrogen-bond acceptors (Lipinski definition) is 3. The zero-order valence-electron chi connectivity index (χ0n) is 13.1. The van der Waals surface area contributed by atoms with Crippen molar-refractivity contribution in [1.82, 2.24) is 0 Å². The Balaban J connectivity index is 2.08. The maximum absolute atomic E-state index is 12.1. The fraction of sp³-hybridized carbons (Fsp3) is 0.235. The number of carbonyl (C=O) groups excluding carboxylic acids is 1. The summed E-state index contributed by atoms with van der Waals surface area (Å²) >= 11 is 3.39. The summed E-state index contributed by atoms with van der Waals surface area (Å²) in [6.07, 6.45) is 0. The third-order valence-electron chi connectivity index (χ3n) is 2.92. The van der Waals surface area contributed by atoms with Gasteiger partial charge in [0.25, 0.3) is 0 Å². The van der Waals surface area contributed by atoms with Gasteiger partial charge in [-0.15, -0.1) is 0 Å². The van der Waals surface area contributed by atoms with Crippen molar-refractivity contribution in [1.29, 1.82) is 0 Å². The number of ether oxygens (including phenoxy) is 2. The van der Waals surface area contributed by atoms with Crippen molar-refractivity contribution >= 4 is 33.3 Å². The Bertz CT molecular complexity index is 677. The molecule has 2 rings (SSSR count). The van der Waals surface area contributed by atoms with Crippen LogP contribution in [0, 0.1) is 0 Å². The minimum Gasteiger partial charge on any atom is -0.490 e. The van der Waals surface area contributed by atoms with Gasteiger partial charge in [0.05, 0.1) is 18.9 Å². The lowest BCUT2D eigenvalue weighted by Crippen LogP contribution is -2.19. The van der Waals surface area contributed by atoms with Crippen molar-refractivity contribution in [2.24, 2.45) is 0 Å². The second kappa shape index (κ2) is 8.43. The van der Waals surface area contributed by atoms with Crippen molar-refractivity contribution in [3.63, 3.8) is 0 Å². The fourth-order valence-electron chi connectivity index (χ4n) is 1.98. The summed E-state index contributed by atoms with van der Waals surface area (Å²) < 4.78 is 11.9. The molecular weight excluding hydrogens is 360 g/mol. The number of anilines is 2. The van der Waals surface area contributed by atoms with Gasteiger partial charge < -0.3 is 20.1 Å². The third kappa shape index (κ3) is 4.89. The Morgan fingerprint density at radius 3 is 2.39 bits per heavy atom. The van der Waals surface area contributed by atoms with E-state index in [0.717, 1.165) is 4.47 Å². The van der Waals surface area contributed by atoms with Gasteiger partial charge in [-0.3, -0.25) is 0 Å². The van der Waals surface area contributed by atoms with E-state index in [1.54, 1.807) is 18.2 Å². The van der Waals surface area contributed by atoms with Crippen molar-refractivity contribution in [3.8, 4) is 11.5 Å². The van der Waals surface area contributed by atoms with Crippen LogP contribution in [0.2, 0.25) is 0 Å². The molecular formula is C17H19BrN2O3. The largest absolute Gasteiger partial charge is 0.490 e. The molecule has 23 heavy (non-hydrogen) atoms. The molecule has 0 aliphatic carbocycles. The zero-order valence-corrected chi connectivity index (χ0v) is 14.6. The highest BCUT2D eigenvalue weighted by atomic mass is 79.9. The monoisotopic (exact) mass is 378 g/mol. The van der Waals surface area contributed by atoms with E-state index in [1.165, 1.54) is 0 Å². The quantitative estimate of drug-likeness (QED) is 0.751. The van der Waals surface area contributed by atoms with E-state index in [2.05, 4.69) is 26.6 Å². The van der Waals surface area contributed by atoms with Gasteiger partial charge in [0.2, 0.25) is 0 Å². The van der Waals surface area contributed by atoms with Crippen LogP contribution in [0.1, 0.15) is 13.8 Å². The van der Waals surface area contributed by atoms with E-state index in [0.29, 0.717) is 36.1 Å². The first-order chi connectivity index (χ1) is 11.1. The first-order valence-corrected chi connectivity index (χ1v) is 8.15. The second-order valence-corrected chi connectivity index (χ2v) is 5.44. The van der Waals surface area contributed by atoms with Crippen LogP contribution in [-0.4, -0.2) is 19.2 Å². The Hall–Kier alpha value is -2.21. The van der Waals surface area contributed by atoms with Gasteiger partial charge in [-0.1, -0.05) is 12.1 Å². The molecule has 2 amide bonds. The predicted molar refractivity (Wildman–Crippen MR) is 95.6 cm³/mol. The molecule has 0 unspecified atom stereocenters. The van der Waals surface area contributed by atoms with Crippen LogP contribution in [0.15, 0.2) is 46.9 Å². The van der Waals surface area contributed by atoms with Crippen molar-refractivity contribution in [2.75, 3.05) is 23.8 Å². The van der Waals surface area contributed by atoms with Gasteiger partial charge in [0.15, 0.2) is 11.5 Å². The van der Waals surface area contributed by atoms with Crippen LogP contribution in [0.3, 0.4) is 0 Å². The molecule has 5 nitrogen and oxygen atoms in total. The average molecular weight is 379 g/mol. The molecule has 2 aromatic carbocycles. The number of amides is 2. The molecule has 2 N–H and O–H groups in total. The summed E-state index contributed by atoms with van der Waals surface area (Å²) in [6, 6.07) is 12.4. The lowest BCUT2D eigenvalue weighted by molar-refractivity contribution is 0.262. The van der Waals surface area contributed by atoms with Crippen molar-refractivity contribution in [2.45, 2.75) is 13.8 Å². The number of rotatable bonds is 6. The van der Waals surface area contributed by atoms with E-state index in [9.17, 15) is 4.79 Å². The van der Waals surface area contributed by atoms with Gasteiger partial charge in [0.1, 0.15) is 0 Å². The standard InChI is InChI=1S/C17H19BrN2O3/c1-3-22-15-10-9-12(11-16(15)23-4-2)19-17(21)20-14-8-6-5-7-13(14)18/h5-11H,3-4H2,1-2H3,(H2,19,20,21). The molecule has 0 aromatic heterocycles. The molecule has 0 aliphatic rings. The normalized spacial score (nSPS) is 10.0. The lowest BCUT2D eigenvalue weighted by atomic mass is 10.2. The number of halogens is 1. The maximum Gasteiger partial charge on any atom is 0.323 e. The Labute approximate surface area is 144 Å². The van der Waals surface area contributed by atoms with Crippen LogP contribution >= 0.6 is 15.9 Å². The molecule has 0 saturated carbocycles. The van der Waals surface area contributed by atoms with Gasteiger partial charge >= 0.3 is 6.03 Å². The molecule has 0 heterocycles. The first-order valence-electron chi connectivity index (χ1n) is 7.36. The van der Waals surface area contributed by atoms with E-state index < -0.39 is 0 Å². The number of carbonyl (C=O) groups is 1. The molecule has 0 fully saturated rings. The first kappa shape index (κ1) is 17.1. The number of urea groups is 1. The van der Waals surface area contributed by atoms with E-state index in [4.69, 9.17) is 9.47 Å². The topological polar surface area (TPSA) is 59.6 Å². The summed E-state index contributed by atoms with van der Waals surface area (Å²) in [5.74, 6) is 1.26. The lowest BCUT2D eigenvalue weighted by Gasteiger charge is -2.13. The summed E-state index contributed by atoms with van der Waals surface area (Å²) in [5, 5.41) is 5.56. The van der Waals surface area contributed by atoms with E-state index in [1.807, 2.05) is 38.1 Å². The number of hydrogen-bond donors (Lipinski definition) is 2. The Kier molecular flexibility index (Phi) is 6.29. The summed E-state index contributed by atoms with van der Waals surface area (Å²) in [4.78, 5) is 12.1. The molecule has 2 aromatic rings. The molecule has 6 heteroatoms. The van der Waals surface area contributed by atoms with Crippen LogP contribution in [-0.2, 0) is 0 Å². The second-order valence-electron chi connectivity index (χ2n) is 4.59. The van der Waals surface area contributed by atoms with Crippen molar-refractivity contribution in [3.05, 3.63) is 46.9 Å². The molecule has 122 valence electrons. The van der Waals surface area contributed by atoms with Crippen LogP contribution in [0.4, 0.5) is 16.2 Å². The molecule has 0 radical (unpaired) electrons. The van der Waals surface area contributed by atoms with Crippen LogP contribution in [0.5, 0.6) is 11.5 Å². The zero-order chi connectivity index (χ0) is 16.7. The van der Waals surface area contributed by atoms with E-state index in [-0.39, 0.29) is 6.03 Å². The molecule has 0 saturated heterocycles. The minimum absolute atomic E-state index is 0.330. The van der Waals surface area contributed by atoms with Crippen molar-refractivity contribution < 1.29 is 14.3 Å².